The number of carbonyl (C=O) groups is 1. The van der Waals surface area contributed by atoms with Gasteiger partial charge >= 0.3 is 6.09 Å². The van der Waals surface area contributed by atoms with Crippen LogP contribution in [0, 0.1) is 11.8 Å². The molecular formula is C31H38ClN3O2. The molecule has 1 heterocycles. The maximum atomic E-state index is 13.0. The van der Waals surface area contributed by atoms with Crippen LogP contribution in [0.3, 0.4) is 0 Å². The number of benzene rings is 3. The van der Waals surface area contributed by atoms with E-state index >= 15 is 0 Å². The molecule has 37 heavy (non-hydrogen) atoms. The zero-order valence-electron chi connectivity index (χ0n) is 22.1. The molecule has 196 valence electrons. The van der Waals surface area contributed by atoms with E-state index in [0.29, 0.717) is 30.6 Å². The molecular weight excluding hydrogens is 482 g/mol. The van der Waals surface area contributed by atoms with E-state index in [1.807, 2.05) is 43.9 Å². The van der Waals surface area contributed by atoms with Gasteiger partial charge in [-0.15, -0.1) is 0 Å². The SMILES string of the molecule is CC(C)(C)OC(=O)N1C[C@@H](Cc2ccccc2)[C@@H](CN(Cc2cccc(CN)c2)c2ccc(Cl)cc2)C1. The van der Waals surface area contributed by atoms with Crippen molar-refractivity contribution in [3.8, 4) is 0 Å². The maximum Gasteiger partial charge on any atom is 0.410 e. The van der Waals surface area contributed by atoms with E-state index in [4.69, 9.17) is 22.1 Å². The molecule has 1 saturated heterocycles. The normalized spacial score (nSPS) is 17.6. The monoisotopic (exact) mass is 519 g/mol. The molecule has 3 aromatic rings. The van der Waals surface area contributed by atoms with E-state index in [0.717, 1.165) is 30.8 Å². The first-order chi connectivity index (χ1) is 17.7. The Labute approximate surface area is 226 Å². The van der Waals surface area contributed by atoms with E-state index in [2.05, 4.69) is 65.6 Å². The fraction of sp³-hybridized carbons (Fsp3) is 0.387. The van der Waals surface area contributed by atoms with Gasteiger partial charge in [-0.25, -0.2) is 4.79 Å². The van der Waals surface area contributed by atoms with Crippen LogP contribution in [0.2, 0.25) is 5.02 Å². The first-order valence-corrected chi connectivity index (χ1v) is 13.4. The lowest BCUT2D eigenvalue weighted by Gasteiger charge is -2.30. The van der Waals surface area contributed by atoms with Gasteiger partial charge in [0.2, 0.25) is 0 Å². The highest BCUT2D eigenvalue weighted by molar-refractivity contribution is 6.30. The van der Waals surface area contributed by atoms with Gasteiger partial charge in [-0.05, 0) is 80.0 Å². The van der Waals surface area contributed by atoms with Gasteiger partial charge < -0.3 is 20.3 Å². The van der Waals surface area contributed by atoms with Crippen molar-refractivity contribution in [3.05, 3.63) is 101 Å². The lowest BCUT2D eigenvalue weighted by atomic mass is 9.89. The number of rotatable bonds is 8. The number of halogens is 1. The van der Waals surface area contributed by atoms with Crippen molar-refractivity contribution in [2.75, 3.05) is 24.5 Å². The van der Waals surface area contributed by atoms with E-state index in [9.17, 15) is 4.79 Å². The minimum Gasteiger partial charge on any atom is -0.444 e. The van der Waals surface area contributed by atoms with Gasteiger partial charge in [0.05, 0.1) is 0 Å². The topological polar surface area (TPSA) is 58.8 Å². The minimum absolute atomic E-state index is 0.234. The average Bonchev–Trinajstić information content (AvgIpc) is 3.26. The predicted molar refractivity (Wildman–Crippen MR) is 152 cm³/mol. The Bertz CT molecular complexity index is 1160. The van der Waals surface area contributed by atoms with Crippen molar-refractivity contribution in [1.29, 1.82) is 0 Å². The van der Waals surface area contributed by atoms with Crippen LogP contribution in [0.25, 0.3) is 0 Å². The number of carbonyl (C=O) groups excluding carboxylic acids is 1. The summed E-state index contributed by atoms with van der Waals surface area (Å²) in [6, 6.07) is 27.0. The summed E-state index contributed by atoms with van der Waals surface area (Å²) in [4.78, 5) is 17.3. The van der Waals surface area contributed by atoms with Crippen molar-refractivity contribution in [1.82, 2.24) is 4.90 Å². The number of amides is 1. The molecule has 0 bridgehead atoms. The van der Waals surface area contributed by atoms with Crippen LogP contribution in [-0.2, 0) is 24.2 Å². The van der Waals surface area contributed by atoms with Crippen molar-refractivity contribution >= 4 is 23.4 Å². The number of likely N-dealkylation sites (tertiary alicyclic amines) is 1. The van der Waals surface area contributed by atoms with Gasteiger partial charge in [-0.3, -0.25) is 0 Å². The third-order valence-electron chi connectivity index (χ3n) is 6.82. The van der Waals surface area contributed by atoms with Gasteiger partial charge in [-0.1, -0.05) is 66.2 Å². The van der Waals surface area contributed by atoms with Crippen molar-refractivity contribution in [2.24, 2.45) is 17.6 Å². The Morgan fingerprint density at radius 2 is 1.59 bits per heavy atom. The Balaban J connectivity index is 1.60. The number of nitrogens with zero attached hydrogens (tertiary/aromatic N) is 2. The molecule has 1 amide bonds. The van der Waals surface area contributed by atoms with Gasteiger partial charge in [0.15, 0.2) is 0 Å². The summed E-state index contributed by atoms with van der Waals surface area (Å²) in [6.45, 7) is 9.17. The van der Waals surface area contributed by atoms with E-state index in [-0.39, 0.29) is 12.0 Å². The summed E-state index contributed by atoms with van der Waals surface area (Å²) < 4.78 is 5.74. The molecule has 4 rings (SSSR count). The van der Waals surface area contributed by atoms with Crippen LogP contribution in [0.5, 0.6) is 0 Å². The van der Waals surface area contributed by atoms with Gasteiger partial charge in [0, 0.05) is 43.4 Å². The molecule has 2 N–H and O–H groups in total. The summed E-state index contributed by atoms with van der Waals surface area (Å²) in [5, 5.41) is 0.716. The summed E-state index contributed by atoms with van der Waals surface area (Å²) in [7, 11) is 0. The van der Waals surface area contributed by atoms with Crippen LogP contribution in [0.15, 0.2) is 78.9 Å². The quantitative estimate of drug-likeness (QED) is 0.367. The maximum absolute atomic E-state index is 13.0. The molecule has 0 saturated carbocycles. The van der Waals surface area contributed by atoms with E-state index in [1.165, 1.54) is 11.1 Å². The average molecular weight is 520 g/mol. The van der Waals surface area contributed by atoms with Crippen LogP contribution in [-0.4, -0.2) is 36.2 Å². The summed E-state index contributed by atoms with van der Waals surface area (Å²) >= 11 is 6.22. The highest BCUT2D eigenvalue weighted by Gasteiger charge is 2.38. The second kappa shape index (κ2) is 12.0. The van der Waals surface area contributed by atoms with Crippen LogP contribution in [0.1, 0.15) is 37.5 Å². The van der Waals surface area contributed by atoms with Crippen molar-refractivity contribution in [3.63, 3.8) is 0 Å². The van der Waals surface area contributed by atoms with Gasteiger partial charge in [0.25, 0.3) is 0 Å². The zero-order valence-corrected chi connectivity index (χ0v) is 22.8. The Morgan fingerprint density at radius 3 is 2.27 bits per heavy atom. The standard InChI is InChI=1S/C31H38ClN3O2/c1-31(2,3)37-30(36)35-20-26(17-23-8-5-4-6-9-23)27(22-35)21-34(29-14-12-28(32)13-15-29)19-25-11-7-10-24(16-25)18-33/h4-16,26-27H,17-22,33H2,1-3H3/t26-,27+/m1/s1. The van der Waals surface area contributed by atoms with Crippen molar-refractivity contribution in [2.45, 2.75) is 45.9 Å². The minimum atomic E-state index is -0.520. The summed E-state index contributed by atoms with van der Waals surface area (Å²) in [5.74, 6) is 0.598. The largest absolute Gasteiger partial charge is 0.444 e. The fourth-order valence-electron chi connectivity index (χ4n) is 5.04. The molecule has 1 fully saturated rings. The lowest BCUT2D eigenvalue weighted by molar-refractivity contribution is 0.0284. The number of ether oxygens (including phenoxy) is 1. The molecule has 0 unspecified atom stereocenters. The lowest BCUT2D eigenvalue weighted by Crippen LogP contribution is -2.36. The molecule has 5 nitrogen and oxygen atoms in total. The summed E-state index contributed by atoms with van der Waals surface area (Å²) in [5.41, 5.74) is 10.1. The number of nitrogens with two attached hydrogens (primary N) is 1. The van der Waals surface area contributed by atoms with Crippen LogP contribution < -0.4 is 10.6 Å². The number of anilines is 1. The third kappa shape index (κ3) is 7.73. The third-order valence-corrected chi connectivity index (χ3v) is 7.07. The Hall–Kier alpha value is -3.02. The Morgan fingerprint density at radius 1 is 0.946 bits per heavy atom. The van der Waals surface area contributed by atoms with Gasteiger partial charge in [0.1, 0.15) is 5.60 Å². The van der Waals surface area contributed by atoms with Crippen LogP contribution in [0.4, 0.5) is 10.5 Å². The first-order valence-electron chi connectivity index (χ1n) is 13.0. The smallest absolute Gasteiger partial charge is 0.410 e. The van der Waals surface area contributed by atoms with Gasteiger partial charge in [-0.2, -0.15) is 0 Å². The predicted octanol–water partition coefficient (Wildman–Crippen LogP) is 6.53. The fourth-order valence-corrected chi connectivity index (χ4v) is 5.17. The van der Waals surface area contributed by atoms with E-state index < -0.39 is 5.60 Å². The number of hydrogen-bond donors (Lipinski definition) is 1. The number of hydrogen-bond acceptors (Lipinski definition) is 4. The molecule has 6 heteroatoms. The second-order valence-electron chi connectivity index (χ2n) is 11.0. The first kappa shape index (κ1) is 27.0. The molecule has 0 radical (unpaired) electrons. The molecule has 0 aliphatic carbocycles. The van der Waals surface area contributed by atoms with E-state index in [1.54, 1.807) is 0 Å². The molecule has 1 aliphatic heterocycles. The molecule has 3 aromatic carbocycles. The zero-order chi connectivity index (χ0) is 26.4. The second-order valence-corrected chi connectivity index (χ2v) is 11.4. The molecule has 0 aromatic heterocycles. The molecule has 0 spiro atoms. The highest BCUT2D eigenvalue weighted by Crippen LogP contribution is 2.31. The highest BCUT2D eigenvalue weighted by atomic mass is 35.5. The molecule has 1 aliphatic rings. The molecule has 2 atom stereocenters. The van der Waals surface area contributed by atoms with Crippen LogP contribution >= 0.6 is 11.6 Å². The Kier molecular flexibility index (Phi) is 8.78. The van der Waals surface area contributed by atoms with Crippen molar-refractivity contribution < 1.29 is 9.53 Å². The summed E-state index contributed by atoms with van der Waals surface area (Å²) in [6.07, 6.45) is 0.684.